The second-order valence-electron chi connectivity index (χ2n) is 6.17. The fourth-order valence-electron chi connectivity index (χ4n) is 3.56. The normalized spacial score (nSPS) is 30.5. The Morgan fingerprint density at radius 2 is 0.909 bits per heavy atom. The van der Waals surface area contributed by atoms with E-state index in [0.717, 1.165) is 36.8 Å². The molecular formula is C18H16F2O2. The van der Waals surface area contributed by atoms with Gasteiger partial charge in [-0.05, 0) is 61.1 Å². The van der Waals surface area contributed by atoms with Crippen LogP contribution in [-0.4, -0.2) is 0 Å². The van der Waals surface area contributed by atoms with Crippen LogP contribution in [0.4, 0.5) is 8.78 Å². The van der Waals surface area contributed by atoms with Gasteiger partial charge in [0.1, 0.15) is 22.8 Å². The van der Waals surface area contributed by atoms with Crippen LogP contribution >= 0.6 is 0 Å². The highest BCUT2D eigenvalue weighted by Gasteiger charge is 2.53. The zero-order valence-corrected chi connectivity index (χ0v) is 12.0. The van der Waals surface area contributed by atoms with Crippen LogP contribution in [0.15, 0.2) is 48.5 Å². The molecule has 2 aromatic rings. The first-order valence-corrected chi connectivity index (χ1v) is 7.51. The van der Waals surface area contributed by atoms with Gasteiger partial charge in [-0.3, -0.25) is 0 Å². The van der Waals surface area contributed by atoms with E-state index in [-0.39, 0.29) is 11.6 Å². The second-order valence-corrected chi connectivity index (χ2v) is 6.17. The molecule has 0 spiro atoms. The third-order valence-corrected chi connectivity index (χ3v) is 4.97. The van der Waals surface area contributed by atoms with Gasteiger partial charge in [0.2, 0.25) is 0 Å². The van der Waals surface area contributed by atoms with Gasteiger partial charge in [-0.25, -0.2) is 18.6 Å². The van der Waals surface area contributed by atoms with Gasteiger partial charge < -0.3 is 0 Å². The van der Waals surface area contributed by atoms with Crippen molar-refractivity contribution in [3.8, 4) is 0 Å². The van der Waals surface area contributed by atoms with E-state index in [1.807, 2.05) is 0 Å². The Hall–Kier alpha value is -1.78. The van der Waals surface area contributed by atoms with Crippen molar-refractivity contribution in [2.75, 3.05) is 0 Å². The van der Waals surface area contributed by atoms with E-state index >= 15 is 0 Å². The van der Waals surface area contributed by atoms with Crippen molar-refractivity contribution < 1.29 is 18.6 Å². The molecule has 2 aliphatic heterocycles. The number of benzene rings is 2. The van der Waals surface area contributed by atoms with Crippen molar-refractivity contribution in [2.24, 2.45) is 0 Å². The number of hydrogen-bond acceptors (Lipinski definition) is 2. The zero-order chi connectivity index (χ0) is 15.2. The first-order chi connectivity index (χ1) is 10.6. The fourth-order valence-corrected chi connectivity index (χ4v) is 3.56. The fraction of sp³-hybridized carbons (Fsp3) is 0.333. The molecule has 1 aliphatic carbocycles. The second kappa shape index (κ2) is 4.86. The molecule has 2 aromatic carbocycles. The quantitative estimate of drug-likeness (QED) is 0.755. The molecule has 114 valence electrons. The predicted octanol–water partition coefficient (Wildman–Crippen LogP) is 4.59. The third-order valence-electron chi connectivity index (χ3n) is 4.97. The van der Waals surface area contributed by atoms with Crippen molar-refractivity contribution in [2.45, 2.75) is 36.9 Å². The maximum absolute atomic E-state index is 13.1. The molecule has 3 aliphatic rings. The molecule has 0 aromatic heterocycles. The molecule has 0 atom stereocenters. The van der Waals surface area contributed by atoms with Crippen LogP contribution in [0.5, 0.6) is 0 Å². The van der Waals surface area contributed by atoms with Crippen molar-refractivity contribution in [3.63, 3.8) is 0 Å². The van der Waals surface area contributed by atoms with Gasteiger partial charge in [-0.2, -0.15) is 0 Å². The van der Waals surface area contributed by atoms with Crippen LogP contribution in [0.2, 0.25) is 0 Å². The summed E-state index contributed by atoms with van der Waals surface area (Å²) >= 11 is 0. The third kappa shape index (κ3) is 2.06. The molecule has 2 saturated heterocycles. The summed E-state index contributed by atoms with van der Waals surface area (Å²) in [6.07, 6.45) is 3.21. The van der Waals surface area contributed by atoms with Gasteiger partial charge in [0.25, 0.3) is 0 Å². The lowest BCUT2D eigenvalue weighted by molar-refractivity contribution is -0.479. The molecule has 0 amide bonds. The van der Waals surface area contributed by atoms with Crippen LogP contribution in [0, 0.1) is 11.6 Å². The molecule has 4 heteroatoms. The molecule has 2 heterocycles. The maximum atomic E-state index is 13.1. The van der Waals surface area contributed by atoms with E-state index in [2.05, 4.69) is 0 Å². The molecule has 3 fully saturated rings. The van der Waals surface area contributed by atoms with E-state index in [1.54, 1.807) is 24.3 Å². The monoisotopic (exact) mass is 302 g/mol. The molecular weight excluding hydrogens is 286 g/mol. The minimum Gasteiger partial charge on any atom is -0.224 e. The Morgan fingerprint density at radius 1 is 0.591 bits per heavy atom. The maximum Gasteiger partial charge on any atom is 0.129 e. The van der Waals surface area contributed by atoms with Crippen molar-refractivity contribution in [1.29, 1.82) is 0 Å². The summed E-state index contributed by atoms with van der Waals surface area (Å²) in [4.78, 5) is 11.5. The minimum absolute atomic E-state index is 0.256. The van der Waals surface area contributed by atoms with Gasteiger partial charge in [-0.1, -0.05) is 24.3 Å². The summed E-state index contributed by atoms with van der Waals surface area (Å²) in [6, 6.07) is 12.8. The lowest BCUT2D eigenvalue weighted by atomic mass is 9.69. The Bertz CT molecular complexity index is 593. The number of halogens is 2. The average Bonchev–Trinajstić information content (AvgIpc) is 2.57. The Kier molecular flexibility index (Phi) is 3.06. The summed E-state index contributed by atoms with van der Waals surface area (Å²) in [5, 5.41) is 0. The number of hydrogen-bond donors (Lipinski definition) is 0. The summed E-state index contributed by atoms with van der Waals surface area (Å²) < 4.78 is 26.2. The number of rotatable bonds is 2. The van der Waals surface area contributed by atoms with Gasteiger partial charge in [0, 0.05) is 0 Å². The van der Waals surface area contributed by atoms with Crippen LogP contribution in [-0.2, 0) is 21.0 Å². The van der Waals surface area contributed by atoms with E-state index in [4.69, 9.17) is 9.78 Å². The standard InChI is InChI=1S/C18H16F2O2/c19-15-5-1-13(2-6-15)17-9-11-18(12-10-17,22-21-17)14-3-7-16(20)8-4-14/h1-8H,9-12H2. The topological polar surface area (TPSA) is 18.5 Å². The smallest absolute Gasteiger partial charge is 0.129 e. The summed E-state index contributed by atoms with van der Waals surface area (Å²) in [6.45, 7) is 0. The van der Waals surface area contributed by atoms with Crippen LogP contribution in [0.25, 0.3) is 0 Å². The van der Waals surface area contributed by atoms with Crippen molar-refractivity contribution in [3.05, 3.63) is 71.3 Å². The van der Waals surface area contributed by atoms with Gasteiger partial charge >= 0.3 is 0 Å². The lowest BCUT2D eigenvalue weighted by Gasteiger charge is -2.51. The summed E-state index contributed by atoms with van der Waals surface area (Å²) in [5.41, 5.74) is 0.910. The van der Waals surface area contributed by atoms with Crippen molar-refractivity contribution in [1.82, 2.24) is 0 Å². The van der Waals surface area contributed by atoms with E-state index in [9.17, 15) is 8.78 Å². The molecule has 0 N–H and O–H groups in total. The highest BCUT2D eigenvalue weighted by Crippen LogP contribution is 2.55. The highest BCUT2D eigenvalue weighted by molar-refractivity contribution is 5.29. The minimum atomic E-state index is -0.491. The van der Waals surface area contributed by atoms with Crippen molar-refractivity contribution >= 4 is 0 Å². The molecule has 1 saturated carbocycles. The molecule has 2 bridgehead atoms. The van der Waals surface area contributed by atoms with E-state index < -0.39 is 11.2 Å². The average molecular weight is 302 g/mol. The van der Waals surface area contributed by atoms with E-state index in [1.165, 1.54) is 24.3 Å². The molecule has 0 unspecified atom stereocenters. The van der Waals surface area contributed by atoms with Crippen LogP contribution in [0.3, 0.4) is 0 Å². The summed E-state index contributed by atoms with van der Waals surface area (Å²) in [5.74, 6) is -0.512. The zero-order valence-electron chi connectivity index (χ0n) is 12.0. The molecule has 22 heavy (non-hydrogen) atoms. The Labute approximate surface area is 127 Å². The number of fused-ring (bicyclic) bond motifs is 3. The molecule has 5 rings (SSSR count). The Balaban J connectivity index is 1.61. The predicted molar refractivity (Wildman–Crippen MR) is 76.8 cm³/mol. The van der Waals surface area contributed by atoms with Gasteiger partial charge in [0.15, 0.2) is 0 Å². The first kappa shape index (κ1) is 13.9. The SMILES string of the molecule is Fc1ccc(C23CCC(c4ccc(F)cc4)(CC2)OO3)cc1. The van der Waals surface area contributed by atoms with E-state index in [0.29, 0.717) is 0 Å². The molecule has 2 nitrogen and oxygen atoms in total. The Morgan fingerprint density at radius 3 is 1.18 bits per heavy atom. The highest BCUT2D eigenvalue weighted by atomic mass is 19.1. The van der Waals surface area contributed by atoms with Gasteiger partial charge in [-0.15, -0.1) is 0 Å². The molecule has 0 radical (unpaired) electrons. The van der Waals surface area contributed by atoms with Crippen LogP contribution in [0.1, 0.15) is 36.8 Å². The van der Waals surface area contributed by atoms with Crippen LogP contribution < -0.4 is 0 Å². The lowest BCUT2D eigenvalue weighted by Crippen LogP contribution is -2.50. The first-order valence-electron chi connectivity index (χ1n) is 7.51. The van der Waals surface area contributed by atoms with Gasteiger partial charge in [0.05, 0.1) is 0 Å². The largest absolute Gasteiger partial charge is 0.224 e. The summed E-state index contributed by atoms with van der Waals surface area (Å²) in [7, 11) is 0.